The van der Waals surface area contributed by atoms with Crippen LogP contribution in [-0.4, -0.2) is 116 Å². The minimum Gasteiger partial charge on any atom is -0.481 e. The van der Waals surface area contributed by atoms with E-state index in [1.165, 1.54) is 0 Å². The van der Waals surface area contributed by atoms with E-state index in [4.69, 9.17) is 18.9 Å². The molecule has 0 bridgehead atoms. The maximum atomic E-state index is 13.1. The minimum absolute atomic E-state index is 0.0157. The van der Waals surface area contributed by atoms with Crippen molar-refractivity contribution in [2.45, 2.75) is 167 Å². The van der Waals surface area contributed by atoms with E-state index < -0.39 is 78.2 Å². The van der Waals surface area contributed by atoms with Gasteiger partial charge in [-0.25, -0.2) is 0 Å². The number of carboxylic acid groups (broad SMARTS) is 1. The van der Waals surface area contributed by atoms with E-state index in [-0.39, 0.29) is 47.2 Å². The van der Waals surface area contributed by atoms with Gasteiger partial charge in [0, 0.05) is 5.41 Å². The monoisotopic (exact) mass is 750 g/mol. The first-order chi connectivity index (χ1) is 24.8. The van der Waals surface area contributed by atoms with Crippen LogP contribution in [0.15, 0.2) is 12.2 Å². The molecule has 2 heterocycles. The van der Waals surface area contributed by atoms with Crippen molar-refractivity contribution in [3.05, 3.63) is 12.2 Å². The highest BCUT2D eigenvalue weighted by Gasteiger charge is 2.72. The fraction of sp³-hybridized carbons (Fsp3) is 0.927. The van der Waals surface area contributed by atoms with Crippen LogP contribution in [0.4, 0.5) is 0 Å². The number of ether oxygens (including phenoxy) is 4. The van der Waals surface area contributed by atoms with Gasteiger partial charge in [0.15, 0.2) is 12.6 Å². The number of aliphatic hydroxyl groups excluding tert-OH is 6. The summed E-state index contributed by atoms with van der Waals surface area (Å²) in [4.78, 5) is 13.1. The molecule has 7 N–H and O–H groups in total. The lowest BCUT2D eigenvalue weighted by Gasteiger charge is -2.73. The molecule has 0 amide bonds. The molecule has 9 unspecified atom stereocenters. The van der Waals surface area contributed by atoms with Gasteiger partial charge in [-0.05, 0) is 124 Å². The SMILES string of the molecule is C=C(C)C1CCC2(C(=O)O)CC[C@]3(C)C(CCC4C5(C)CCC(O[C@@H]6O[C@H](C)[C@H](O)[C@@H](O)[C@H]6O[C@@H]6OC[C@@H](O)[C@@H](O)[C@H]6O)[C@@](C)(CO)C5CCC43C)C12. The van der Waals surface area contributed by atoms with Crippen LogP contribution in [-0.2, 0) is 23.7 Å². The molecule has 0 spiro atoms. The first kappa shape index (κ1) is 40.0. The standard InChI is InChI=1S/C41H66O12/c1-20(2)22-10-15-41(36(48)49)17-16-39(6)23(28(22)41)8-9-26-37(4)13-12-27(38(5,19-42)25(37)11-14-40(26,39)7)52-35-33(31(46)29(44)21(3)51-35)53-34-32(47)30(45)24(43)18-50-34/h21-35,42-47H,1,8-19H2,2-7H3,(H,48,49)/t21-,22?,23?,24-,25?,26?,27?,28?,29+,30-,31-,32-,33-,34+,35+,37?,38+,39-,40?,41?/m1/s1. The van der Waals surface area contributed by atoms with E-state index in [0.29, 0.717) is 24.7 Å². The molecule has 12 heteroatoms. The lowest BCUT2D eigenvalue weighted by atomic mass is 9.32. The molecule has 0 aromatic rings. The lowest BCUT2D eigenvalue weighted by Crippen LogP contribution is -2.68. The predicted octanol–water partition coefficient (Wildman–Crippen LogP) is 3.38. The molecule has 5 aliphatic carbocycles. The van der Waals surface area contributed by atoms with E-state index in [0.717, 1.165) is 56.9 Å². The highest BCUT2D eigenvalue weighted by molar-refractivity contribution is 5.76. The number of carbonyl (C=O) groups is 1. The first-order valence-electron chi connectivity index (χ1n) is 20.3. The summed E-state index contributed by atoms with van der Waals surface area (Å²) < 4.78 is 24.3. The Kier molecular flexibility index (Phi) is 10.4. The molecule has 12 nitrogen and oxygen atoms in total. The Morgan fingerprint density at radius 3 is 2.17 bits per heavy atom. The Balaban J connectivity index is 1.15. The third-order valence-corrected chi connectivity index (χ3v) is 17.4. The van der Waals surface area contributed by atoms with Crippen LogP contribution in [0, 0.1) is 56.7 Å². The fourth-order valence-electron chi connectivity index (χ4n) is 14.2. The lowest BCUT2D eigenvalue weighted by molar-refractivity contribution is -0.369. The number of allylic oxidation sites excluding steroid dienone is 1. The molecule has 2 aliphatic heterocycles. The van der Waals surface area contributed by atoms with Gasteiger partial charge >= 0.3 is 5.97 Å². The zero-order valence-electron chi connectivity index (χ0n) is 32.5. The molecule has 5 saturated carbocycles. The third kappa shape index (κ3) is 5.69. The third-order valence-electron chi connectivity index (χ3n) is 17.4. The second-order valence-electron chi connectivity index (χ2n) is 19.5. The Bertz CT molecular complexity index is 1410. The summed E-state index contributed by atoms with van der Waals surface area (Å²) in [5.41, 5.74) is -0.406. The molecular formula is C41H66O12. The number of fused-ring (bicyclic) bond motifs is 7. The van der Waals surface area contributed by atoms with Gasteiger partial charge in [0.1, 0.15) is 36.6 Å². The van der Waals surface area contributed by atoms with Crippen molar-refractivity contribution >= 4 is 5.97 Å². The first-order valence-corrected chi connectivity index (χ1v) is 20.3. The van der Waals surface area contributed by atoms with Crippen LogP contribution in [0.2, 0.25) is 0 Å². The smallest absolute Gasteiger partial charge is 0.309 e. The van der Waals surface area contributed by atoms with E-state index in [2.05, 4.69) is 41.2 Å². The quantitative estimate of drug-likeness (QED) is 0.148. The topological polar surface area (TPSA) is 196 Å². The van der Waals surface area contributed by atoms with Gasteiger partial charge in [0.2, 0.25) is 0 Å². The predicted molar refractivity (Wildman–Crippen MR) is 192 cm³/mol. The second kappa shape index (κ2) is 13.7. The molecule has 7 rings (SSSR count). The second-order valence-corrected chi connectivity index (χ2v) is 19.5. The zero-order valence-corrected chi connectivity index (χ0v) is 32.5. The van der Waals surface area contributed by atoms with Crippen LogP contribution in [0.25, 0.3) is 0 Å². The van der Waals surface area contributed by atoms with Crippen molar-refractivity contribution in [3.8, 4) is 0 Å². The molecule has 0 aromatic carbocycles. The van der Waals surface area contributed by atoms with Crippen molar-refractivity contribution in [1.82, 2.24) is 0 Å². The van der Waals surface area contributed by atoms with Crippen molar-refractivity contribution < 1.29 is 59.5 Å². The number of carboxylic acids is 1. The van der Waals surface area contributed by atoms with Crippen LogP contribution < -0.4 is 0 Å². The summed E-state index contributed by atoms with van der Waals surface area (Å²) in [6, 6.07) is 0. The fourth-order valence-corrected chi connectivity index (χ4v) is 14.2. The molecular weight excluding hydrogens is 684 g/mol. The van der Waals surface area contributed by atoms with Gasteiger partial charge in [0.25, 0.3) is 0 Å². The molecule has 7 aliphatic rings. The van der Waals surface area contributed by atoms with Gasteiger partial charge in [-0.1, -0.05) is 39.8 Å². The molecule has 20 atom stereocenters. The molecule has 302 valence electrons. The number of aliphatic hydroxyl groups is 6. The molecule has 0 radical (unpaired) electrons. The summed E-state index contributed by atoms with van der Waals surface area (Å²) in [6.45, 7) is 17.1. The van der Waals surface area contributed by atoms with Crippen molar-refractivity contribution in [3.63, 3.8) is 0 Å². The maximum Gasteiger partial charge on any atom is 0.309 e. The number of rotatable bonds is 7. The zero-order chi connectivity index (χ0) is 38.6. The number of hydrogen-bond acceptors (Lipinski definition) is 11. The Hall–Kier alpha value is -1.19. The van der Waals surface area contributed by atoms with Crippen LogP contribution >= 0.6 is 0 Å². The van der Waals surface area contributed by atoms with E-state index in [9.17, 15) is 40.5 Å². The van der Waals surface area contributed by atoms with Crippen molar-refractivity contribution in [2.24, 2.45) is 56.7 Å². The van der Waals surface area contributed by atoms with Crippen LogP contribution in [0.1, 0.15) is 106 Å². The van der Waals surface area contributed by atoms with Crippen molar-refractivity contribution in [1.29, 1.82) is 0 Å². The van der Waals surface area contributed by atoms with Gasteiger partial charge in [-0.3, -0.25) is 4.79 Å². The molecule has 7 fully saturated rings. The summed E-state index contributed by atoms with van der Waals surface area (Å²) in [6.07, 6.45) is -3.85. The molecule has 53 heavy (non-hydrogen) atoms. The maximum absolute atomic E-state index is 13.1. The largest absolute Gasteiger partial charge is 0.481 e. The summed E-state index contributed by atoms with van der Waals surface area (Å²) in [5, 5.41) is 74.8. The normalized spacial score (nSPS) is 56.7. The average molecular weight is 751 g/mol. The Labute approximate surface area is 314 Å². The van der Waals surface area contributed by atoms with E-state index in [1.807, 2.05) is 0 Å². The Morgan fingerprint density at radius 2 is 1.51 bits per heavy atom. The summed E-state index contributed by atoms with van der Waals surface area (Å²) in [5.74, 6) is 0.482. The number of aliphatic carboxylic acids is 1. The van der Waals surface area contributed by atoms with Crippen molar-refractivity contribution in [2.75, 3.05) is 13.2 Å². The average Bonchev–Trinajstić information content (AvgIpc) is 3.52. The van der Waals surface area contributed by atoms with E-state index in [1.54, 1.807) is 6.92 Å². The van der Waals surface area contributed by atoms with E-state index >= 15 is 0 Å². The molecule has 2 saturated heterocycles. The summed E-state index contributed by atoms with van der Waals surface area (Å²) >= 11 is 0. The van der Waals surface area contributed by atoms with Crippen LogP contribution in [0.5, 0.6) is 0 Å². The van der Waals surface area contributed by atoms with Gasteiger partial charge in [0.05, 0.1) is 30.8 Å². The van der Waals surface area contributed by atoms with Gasteiger partial charge < -0.3 is 54.7 Å². The van der Waals surface area contributed by atoms with Gasteiger partial charge in [-0.15, -0.1) is 0 Å². The van der Waals surface area contributed by atoms with Crippen LogP contribution in [0.3, 0.4) is 0 Å². The highest BCUT2D eigenvalue weighted by atomic mass is 16.8. The van der Waals surface area contributed by atoms with Gasteiger partial charge in [-0.2, -0.15) is 0 Å². The summed E-state index contributed by atoms with van der Waals surface area (Å²) in [7, 11) is 0. The highest BCUT2D eigenvalue weighted by Crippen LogP contribution is 2.77. The Morgan fingerprint density at radius 1 is 0.792 bits per heavy atom. The number of hydrogen-bond donors (Lipinski definition) is 7. The minimum atomic E-state index is -1.61. The molecule has 0 aromatic heterocycles.